The highest BCUT2D eigenvalue weighted by Crippen LogP contribution is 2.30. The van der Waals surface area contributed by atoms with E-state index in [1.54, 1.807) is 36.3 Å². The molecule has 1 aromatic heterocycles. The molecule has 1 aromatic carbocycles. The predicted octanol–water partition coefficient (Wildman–Crippen LogP) is 3.44. The Morgan fingerprint density at radius 1 is 1.29 bits per heavy atom. The fourth-order valence-electron chi connectivity index (χ4n) is 3.66. The van der Waals surface area contributed by atoms with Gasteiger partial charge < -0.3 is 19.3 Å². The molecule has 31 heavy (non-hydrogen) atoms. The lowest BCUT2D eigenvalue weighted by atomic mass is 9.95. The summed E-state index contributed by atoms with van der Waals surface area (Å²) in [6.45, 7) is -1.19. The topological polar surface area (TPSA) is 78.7 Å². The Morgan fingerprint density at radius 2 is 2.03 bits per heavy atom. The van der Waals surface area contributed by atoms with Gasteiger partial charge in [0.2, 0.25) is 5.91 Å². The third-order valence-electron chi connectivity index (χ3n) is 5.29. The molecule has 0 saturated carbocycles. The molecule has 1 fully saturated rings. The van der Waals surface area contributed by atoms with Crippen LogP contribution in [0, 0.1) is 17.2 Å². The van der Waals surface area contributed by atoms with Gasteiger partial charge in [0, 0.05) is 38.8 Å². The Kier molecular flexibility index (Phi) is 7.23. The summed E-state index contributed by atoms with van der Waals surface area (Å²) in [6.07, 6.45) is 2.96. The van der Waals surface area contributed by atoms with E-state index in [9.17, 15) is 13.6 Å². The fourth-order valence-corrected chi connectivity index (χ4v) is 3.66. The lowest BCUT2D eigenvalue weighted by Crippen LogP contribution is -2.41. The summed E-state index contributed by atoms with van der Waals surface area (Å²) in [5, 5.41) is 8.88. The quantitative estimate of drug-likeness (QED) is 0.670. The summed E-state index contributed by atoms with van der Waals surface area (Å²) in [5.41, 5.74) is 1.27. The monoisotopic (exact) mass is 430 g/mol. The summed E-state index contributed by atoms with van der Waals surface area (Å²) < 4.78 is 34.5. The first-order valence-electron chi connectivity index (χ1n) is 9.89. The smallest absolute Gasteiger partial charge is 0.387 e. The van der Waals surface area contributed by atoms with E-state index < -0.39 is 6.61 Å². The molecule has 1 aliphatic heterocycles. The van der Waals surface area contributed by atoms with Gasteiger partial charge in [0.25, 0.3) is 0 Å². The lowest BCUT2D eigenvalue weighted by Gasteiger charge is -2.34. The van der Waals surface area contributed by atoms with Crippen molar-refractivity contribution in [3.8, 4) is 17.6 Å². The van der Waals surface area contributed by atoms with Crippen molar-refractivity contribution in [2.75, 3.05) is 32.1 Å². The molecule has 0 unspecified atom stereocenters. The van der Waals surface area contributed by atoms with Gasteiger partial charge >= 0.3 is 6.61 Å². The van der Waals surface area contributed by atoms with Gasteiger partial charge in [-0.25, -0.2) is 4.98 Å². The maximum atomic E-state index is 12.9. The van der Waals surface area contributed by atoms with Crippen LogP contribution in [-0.4, -0.2) is 49.6 Å². The van der Waals surface area contributed by atoms with Crippen LogP contribution in [0.4, 0.5) is 14.6 Å². The van der Waals surface area contributed by atoms with E-state index in [4.69, 9.17) is 10.00 Å². The van der Waals surface area contributed by atoms with Crippen LogP contribution in [0.15, 0.2) is 36.5 Å². The van der Waals surface area contributed by atoms with Crippen LogP contribution in [0.5, 0.6) is 11.5 Å². The number of anilines is 1. The molecule has 0 N–H and O–H groups in total. The Labute approximate surface area is 179 Å². The van der Waals surface area contributed by atoms with Gasteiger partial charge in [-0.1, -0.05) is 6.07 Å². The van der Waals surface area contributed by atoms with Crippen LogP contribution in [-0.2, 0) is 11.3 Å². The number of rotatable bonds is 7. The summed E-state index contributed by atoms with van der Waals surface area (Å²) in [7, 11) is 3.11. The zero-order valence-corrected chi connectivity index (χ0v) is 17.4. The molecule has 9 heteroatoms. The number of methoxy groups -OCH3 is 1. The number of nitrogens with zero attached hydrogens (tertiary/aromatic N) is 4. The van der Waals surface area contributed by atoms with E-state index in [2.05, 4.69) is 20.7 Å². The molecule has 0 radical (unpaired) electrons. The molecule has 0 aliphatic carbocycles. The average Bonchev–Trinajstić information content (AvgIpc) is 2.79. The second kappa shape index (κ2) is 10.1. The highest BCUT2D eigenvalue weighted by molar-refractivity contribution is 5.79. The third kappa shape index (κ3) is 5.60. The van der Waals surface area contributed by atoms with Gasteiger partial charge in [0.1, 0.15) is 11.9 Å². The van der Waals surface area contributed by atoms with Crippen LogP contribution in [0.1, 0.15) is 24.0 Å². The standard InChI is InChI=1S/C22H24F2N4O3/c1-27(14-15-3-5-18(31-22(23)24)19(11-15)30-2)21(29)17-7-9-28(10-8-17)20-6-4-16(12-25)13-26-20/h3-6,11,13,17,22H,7-10,14H2,1-2H3. The zero-order valence-electron chi connectivity index (χ0n) is 17.4. The molecule has 2 heterocycles. The second-order valence-corrected chi connectivity index (χ2v) is 7.34. The number of aromatic nitrogens is 1. The van der Waals surface area contributed by atoms with Crippen LogP contribution in [0.2, 0.25) is 0 Å². The maximum Gasteiger partial charge on any atom is 0.387 e. The van der Waals surface area contributed by atoms with Crippen LogP contribution in [0.25, 0.3) is 0 Å². The molecule has 1 saturated heterocycles. The number of nitriles is 1. The number of amides is 1. The van der Waals surface area contributed by atoms with Crippen molar-refractivity contribution in [3.05, 3.63) is 47.7 Å². The number of ether oxygens (including phenoxy) is 2. The first kappa shape index (κ1) is 22.3. The molecule has 0 atom stereocenters. The van der Waals surface area contributed by atoms with E-state index in [1.807, 2.05) is 6.07 Å². The Balaban J connectivity index is 1.56. The Bertz CT molecular complexity index is 939. The van der Waals surface area contributed by atoms with Crippen molar-refractivity contribution >= 4 is 11.7 Å². The molecule has 3 rings (SSSR count). The summed E-state index contributed by atoms with van der Waals surface area (Å²) in [4.78, 5) is 21.0. The normalized spacial score (nSPS) is 14.3. The van der Waals surface area contributed by atoms with Gasteiger partial charge in [-0.05, 0) is 42.7 Å². The predicted molar refractivity (Wildman–Crippen MR) is 110 cm³/mol. The number of alkyl halides is 2. The molecule has 164 valence electrons. The number of carbonyl (C=O) groups excluding carboxylic acids is 1. The van der Waals surface area contributed by atoms with Crippen LogP contribution < -0.4 is 14.4 Å². The molecule has 7 nitrogen and oxygen atoms in total. The van der Waals surface area contributed by atoms with Gasteiger partial charge in [0.15, 0.2) is 11.5 Å². The lowest BCUT2D eigenvalue weighted by molar-refractivity contribution is -0.135. The minimum Gasteiger partial charge on any atom is -0.493 e. The van der Waals surface area contributed by atoms with E-state index in [-0.39, 0.29) is 23.3 Å². The Hall–Kier alpha value is -3.41. The first-order chi connectivity index (χ1) is 14.9. The highest BCUT2D eigenvalue weighted by Gasteiger charge is 2.28. The summed E-state index contributed by atoms with van der Waals surface area (Å²) in [5.74, 6) is 0.902. The number of halogens is 2. The molecular weight excluding hydrogens is 406 g/mol. The maximum absolute atomic E-state index is 12.9. The number of hydrogen-bond donors (Lipinski definition) is 0. The molecule has 0 spiro atoms. The van der Waals surface area contributed by atoms with E-state index in [0.717, 1.165) is 11.4 Å². The molecule has 1 aliphatic rings. The van der Waals surface area contributed by atoms with E-state index in [0.29, 0.717) is 38.0 Å². The van der Waals surface area contributed by atoms with Crippen LogP contribution >= 0.6 is 0 Å². The average molecular weight is 430 g/mol. The fraction of sp³-hybridized carbons (Fsp3) is 0.409. The molecule has 0 bridgehead atoms. The van der Waals surface area contributed by atoms with Crippen molar-refractivity contribution in [1.82, 2.24) is 9.88 Å². The van der Waals surface area contributed by atoms with Crippen molar-refractivity contribution in [2.24, 2.45) is 5.92 Å². The first-order valence-corrected chi connectivity index (χ1v) is 9.89. The van der Waals surface area contributed by atoms with Crippen molar-refractivity contribution in [2.45, 2.75) is 26.0 Å². The van der Waals surface area contributed by atoms with Crippen LogP contribution in [0.3, 0.4) is 0 Å². The molecule has 1 amide bonds. The van der Waals surface area contributed by atoms with Crippen molar-refractivity contribution in [3.63, 3.8) is 0 Å². The summed E-state index contributed by atoms with van der Waals surface area (Å²) in [6, 6.07) is 10.3. The number of piperidine rings is 1. The Morgan fingerprint density at radius 3 is 2.61 bits per heavy atom. The number of carbonyl (C=O) groups is 1. The number of hydrogen-bond acceptors (Lipinski definition) is 6. The number of pyridine rings is 1. The minimum absolute atomic E-state index is 0.0410. The number of benzene rings is 1. The van der Waals surface area contributed by atoms with Crippen molar-refractivity contribution in [1.29, 1.82) is 5.26 Å². The van der Waals surface area contributed by atoms with Gasteiger partial charge in [-0.2, -0.15) is 14.0 Å². The summed E-state index contributed by atoms with van der Waals surface area (Å²) >= 11 is 0. The molecule has 2 aromatic rings. The largest absolute Gasteiger partial charge is 0.493 e. The van der Waals surface area contributed by atoms with Gasteiger partial charge in [0.05, 0.1) is 12.7 Å². The van der Waals surface area contributed by atoms with Gasteiger partial charge in [-0.3, -0.25) is 4.79 Å². The highest BCUT2D eigenvalue weighted by atomic mass is 19.3. The zero-order chi connectivity index (χ0) is 22.4. The minimum atomic E-state index is -2.94. The van der Waals surface area contributed by atoms with Crippen molar-refractivity contribution < 1.29 is 23.0 Å². The second-order valence-electron chi connectivity index (χ2n) is 7.34. The van der Waals surface area contributed by atoms with E-state index >= 15 is 0 Å². The van der Waals surface area contributed by atoms with Gasteiger partial charge in [-0.15, -0.1) is 0 Å². The SMILES string of the molecule is COc1cc(CN(C)C(=O)C2CCN(c3ccc(C#N)cn3)CC2)ccc1OC(F)F. The van der Waals surface area contributed by atoms with E-state index in [1.165, 1.54) is 13.2 Å². The molecular formula is C22H24F2N4O3. The third-order valence-corrected chi connectivity index (χ3v) is 5.29.